The van der Waals surface area contributed by atoms with Gasteiger partial charge in [-0.15, -0.1) is 0 Å². The van der Waals surface area contributed by atoms with Crippen LogP contribution in [0.4, 0.5) is 17.1 Å². The summed E-state index contributed by atoms with van der Waals surface area (Å²) in [6, 6.07) is 11.4. The third-order valence-corrected chi connectivity index (χ3v) is 4.77. The number of hydrogen-bond donors (Lipinski definition) is 1. The normalized spacial score (nSPS) is 15.2. The third-order valence-electron chi connectivity index (χ3n) is 4.77. The average molecular weight is 441 g/mol. The Morgan fingerprint density at radius 2 is 1.78 bits per heavy atom. The van der Waals surface area contributed by atoms with E-state index < -0.39 is 35.3 Å². The molecule has 3 rings (SSSR count). The number of nitrogens with zero attached hydrogens (tertiary/aromatic N) is 2. The van der Waals surface area contributed by atoms with E-state index in [9.17, 15) is 29.3 Å². The van der Waals surface area contributed by atoms with E-state index in [2.05, 4.69) is 10.1 Å². The van der Waals surface area contributed by atoms with Gasteiger partial charge >= 0.3 is 11.9 Å². The summed E-state index contributed by atoms with van der Waals surface area (Å²) < 4.78 is 9.62. The van der Waals surface area contributed by atoms with Gasteiger partial charge in [0.2, 0.25) is 5.91 Å². The SMILES string of the molecule is COC(=O)c1ccc(NC(=O)COC(=O)[C@H]2CC(=O)N(c3ccc([N+](=O)[O-])cc3)C2)cc1. The average Bonchev–Trinajstić information content (AvgIpc) is 3.19. The summed E-state index contributed by atoms with van der Waals surface area (Å²) in [6.45, 7) is -0.494. The number of non-ortho nitro benzene ring substituents is 1. The zero-order valence-electron chi connectivity index (χ0n) is 17.0. The van der Waals surface area contributed by atoms with Crippen molar-refractivity contribution in [1.82, 2.24) is 0 Å². The largest absolute Gasteiger partial charge is 0.465 e. The van der Waals surface area contributed by atoms with Crippen LogP contribution in [0.15, 0.2) is 48.5 Å². The molecule has 2 aromatic carbocycles. The van der Waals surface area contributed by atoms with E-state index in [4.69, 9.17) is 4.74 Å². The molecule has 1 aliphatic heterocycles. The number of benzene rings is 2. The van der Waals surface area contributed by atoms with Crippen molar-refractivity contribution in [3.63, 3.8) is 0 Å². The Morgan fingerprint density at radius 1 is 1.12 bits per heavy atom. The monoisotopic (exact) mass is 441 g/mol. The molecule has 11 nitrogen and oxygen atoms in total. The molecule has 0 aliphatic carbocycles. The standard InChI is InChI=1S/C21H19N3O8/c1-31-20(27)13-2-4-15(5-3-13)22-18(25)12-32-21(28)14-10-19(26)23(11-14)16-6-8-17(9-7-16)24(29)30/h2-9,14H,10-12H2,1H3,(H,22,25)/t14-/m0/s1. The summed E-state index contributed by atoms with van der Waals surface area (Å²) in [5.41, 5.74) is 1.05. The summed E-state index contributed by atoms with van der Waals surface area (Å²) in [6.07, 6.45) is -0.0908. The molecule has 1 N–H and O–H groups in total. The molecule has 1 aliphatic rings. The van der Waals surface area contributed by atoms with Crippen LogP contribution in [0.3, 0.4) is 0 Å². The number of carbonyl (C=O) groups is 4. The van der Waals surface area contributed by atoms with Gasteiger partial charge in [-0.25, -0.2) is 4.79 Å². The zero-order valence-corrected chi connectivity index (χ0v) is 17.0. The Labute approximate surface area is 182 Å². The molecule has 166 valence electrons. The summed E-state index contributed by atoms with van der Waals surface area (Å²) in [7, 11) is 1.26. The van der Waals surface area contributed by atoms with Gasteiger partial charge in [-0.1, -0.05) is 0 Å². The van der Waals surface area contributed by atoms with Gasteiger partial charge < -0.3 is 19.7 Å². The lowest BCUT2D eigenvalue weighted by atomic mass is 10.1. The molecular formula is C21H19N3O8. The summed E-state index contributed by atoms with van der Waals surface area (Å²) in [4.78, 5) is 59.5. The van der Waals surface area contributed by atoms with E-state index in [0.29, 0.717) is 16.9 Å². The third kappa shape index (κ3) is 5.25. The second-order valence-electron chi connectivity index (χ2n) is 6.90. The van der Waals surface area contributed by atoms with Gasteiger partial charge in [-0.3, -0.25) is 24.5 Å². The predicted octanol–water partition coefficient (Wildman–Crippen LogP) is 1.92. The smallest absolute Gasteiger partial charge is 0.337 e. The number of nitro benzene ring substituents is 1. The number of methoxy groups -OCH3 is 1. The number of ether oxygens (including phenoxy) is 2. The zero-order chi connectivity index (χ0) is 23.3. The maximum Gasteiger partial charge on any atom is 0.337 e. The van der Waals surface area contributed by atoms with Crippen molar-refractivity contribution in [2.75, 3.05) is 30.5 Å². The van der Waals surface area contributed by atoms with Gasteiger partial charge in [0.1, 0.15) is 0 Å². The molecule has 1 atom stereocenters. The highest BCUT2D eigenvalue weighted by Gasteiger charge is 2.36. The van der Waals surface area contributed by atoms with Gasteiger partial charge in [-0.2, -0.15) is 0 Å². The van der Waals surface area contributed by atoms with Crippen molar-refractivity contribution >= 4 is 40.8 Å². The van der Waals surface area contributed by atoms with Gasteiger partial charge in [0.05, 0.1) is 23.5 Å². The Bertz CT molecular complexity index is 1050. The Kier molecular flexibility index (Phi) is 6.78. The van der Waals surface area contributed by atoms with Crippen LogP contribution in [0, 0.1) is 16.0 Å². The number of rotatable bonds is 7. The maximum atomic E-state index is 12.3. The molecule has 0 radical (unpaired) electrons. The maximum absolute atomic E-state index is 12.3. The van der Waals surface area contributed by atoms with Crippen LogP contribution < -0.4 is 10.2 Å². The first-order valence-corrected chi connectivity index (χ1v) is 9.48. The minimum Gasteiger partial charge on any atom is -0.465 e. The lowest BCUT2D eigenvalue weighted by molar-refractivity contribution is -0.384. The topological polar surface area (TPSA) is 145 Å². The Hall–Kier alpha value is -4.28. The summed E-state index contributed by atoms with van der Waals surface area (Å²) in [5, 5.41) is 13.3. The molecule has 1 saturated heterocycles. The van der Waals surface area contributed by atoms with Gasteiger partial charge in [-0.05, 0) is 36.4 Å². The highest BCUT2D eigenvalue weighted by Crippen LogP contribution is 2.27. The predicted molar refractivity (Wildman–Crippen MR) is 111 cm³/mol. The fraction of sp³-hybridized carbons (Fsp3) is 0.238. The van der Waals surface area contributed by atoms with Gasteiger partial charge in [0.15, 0.2) is 6.61 Å². The number of carbonyl (C=O) groups excluding carboxylic acids is 4. The number of nitrogens with one attached hydrogen (secondary N) is 1. The molecule has 1 heterocycles. The first-order valence-electron chi connectivity index (χ1n) is 9.48. The Balaban J connectivity index is 1.50. The summed E-state index contributed by atoms with van der Waals surface area (Å²) >= 11 is 0. The van der Waals surface area contributed by atoms with Gasteiger partial charge in [0.25, 0.3) is 11.6 Å². The first-order chi connectivity index (χ1) is 15.3. The lowest BCUT2D eigenvalue weighted by Gasteiger charge is -2.16. The van der Waals surface area contributed by atoms with Crippen molar-refractivity contribution in [3.05, 3.63) is 64.2 Å². The van der Waals surface area contributed by atoms with Crippen LogP contribution in [0.1, 0.15) is 16.8 Å². The fourth-order valence-electron chi connectivity index (χ4n) is 3.13. The molecule has 1 fully saturated rings. The molecule has 0 aromatic heterocycles. The minimum atomic E-state index is -0.759. The van der Waals surface area contributed by atoms with E-state index >= 15 is 0 Å². The molecule has 0 saturated carbocycles. The van der Waals surface area contributed by atoms with Crippen molar-refractivity contribution < 1.29 is 33.6 Å². The van der Waals surface area contributed by atoms with Crippen LogP contribution in [-0.4, -0.2) is 48.9 Å². The first kappa shape index (κ1) is 22.4. The molecule has 2 aromatic rings. The number of amides is 2. The minimum absolute atomic E-state index is 0.0477. The van der Waals surface area contributed by atoms with Crippen LogP contribution in [0.25, 0.3) is 0 Å². The van der Waals surface area contributed by atoms with E-state index in [1.807, 2.05) is 0 Å². The number of anilines is 2. The molecule has 11 heteroatoms. The molecule has 0 spiro atoms. The highest BCUT2D eigenvalue weighted by molar-refractivity contribution is 6.00. The molecule has 32 heavy (non-hydrogen) atoms. The van der Waals surface area contributed by atoms with Crippen LogP contribution in [0.2, 0.25) is 0 Å². The van der Waals surface area contributed by atoms with E-state index in [1.54, 1.807) is 0 Å². The second-order valence-corrected chi connectivity index (χ2v) is 6.90. The highest BCUT2D eigenvalue weighted by atomic mass is 16.6. The second kappa shape index (κ2) is 9.69. The van der Waals surface area contributed by atoms with Crippen LogP contribution in [0.5, 0.6) is 0 Å². The van der Waals surface area contributed by atoms with Crippen LogP contribution >= 0.6 is 0 Å². The molecule has 0 bridgehead atoms. The lowest BCUT2D eigenvalue weighted by Crippen LogP contribution is -2.28. The number of nitro groups is 1. The molecular weight excluding hydrogens is 422 g/mol. The van der Waals surface area contributed by atoms with E-state index in [-0.39, 0.29) is 24.6 Å². The summed E-state index contributed by atoms with van der Waals surface area (Å²) in [5.74, 6) is -2.87. The van der Waals surface area contributed by atoms with Crippen LogP contribution in [-0.2, 0) is 23.9 Å². The Morgan fingerprint density at radius 3 is 2.38 bits per heavy atom. The number of hydrogen-bond acceptors (Lipinski definition) is 8. The number of esters is 2. The van der Waals surface area contributed by atoms with Gasteiger partial charge in [0, 0.05) is 36.5 Å². The van der Waals surface area contributed by atoms with Crippen molar-refractivity contribution in [2.45, 2.75) is 6.42 Å². The fourth-order valence-corrected chi connectivity index (χ4v) is 3.13. The molecule has 0 unspecified atom stereocenters. The quantitative estimate of drug-likeness (QED) is 0.390. The van der Waals surface area contributed by atoms with Crippen molar-refractivity contribution in [1.29, 1.82) is 0 Å². The van der Waals surface area contributed by atoms with Crippen molar-refractivity contribution in [3.8, 4) is 0 Å². The van der Waals surface area contributed by atoms with E-state index in [0.717, 1.165) is 0 Å². The van der Waals surface area contributed by atoms with E-state index in [1.165, 1.54) is 60.5 Å². The molecule has 2 amide bonds. The van der Waals surface area contributed by atoms with Crippen molar-refractivity contribution in [2.24, 2.45) is 5.92 Å².